The van der Waals surface area contributed by atoms with Crippen molar-refractivity contribution in [3.63, 3.8) is 0 Å². The summed E-state index contributed by atoms with van der Waals surface area (Å²) in [6, 6.07) is 14.9. The van der Waals surface area contributed by atoms with E-state index in [9.17, 15) is 9.59 Å². The fourth-order valence-corrected chi connectivity index (χ4v) is 4.80. The van der Waals surface area contributed by atoms with Crippen LogP contribution >= 0.6 is 0 Å². The van der Waals surface area contributed by atoms with E-state index in [-0.39, 0.29) is 24.5 Å². The number of nitrogens with one attached hydrogen (secondary N) is 1. The second kappa shape index (κ2) is 10.8. The molecule has 0 radical (unpaired) electrons. The van der Waals surface area contributed by atoms with Crippen molar-refractivity contribution in [2.75, 3.05) is 18.3 Å². The summed E-state index contributed by atoms with van der Waals surface area (Å²) in [6.07, 6.45) is 6.63. The van der Waals surface area contributed by atoms with Crippen LogP contribution in [0.4, 0.5) is 5.69 Å². The van der Waals surface area contributed by atoms with Crippen LogP contribution in [-0.4, -0.2) is 31.3 Å². The number of nitrogens with zero attached hydrogens (tertiary/aromatic N) is 1. The maximum atomic E-state index is 13.9. The van der Waals surface area contributed by atoms with Crippen molar-refractivity contribution in [2.24, 2.45) is 0 Å². The van der Waals surface area contributed by atoms with E-state index in [1.54, 1.807) is 30.3 Å². The molecule has 0 bridgehead atoms. The third-order valence-electron chi connectivity index (χ3n) is 6.55. The number of hydrogen-bond acceptors (Lipinski definition) is 6. The van der Waals surface area contributed by atoms with Gasteiger partial charge in [0.2, 0.25) is 12.7 Å². The molecule has 1 aliphatic carbocycles. The van der Waals surface area contributed by atoms with Gasteiger partial charge in [-0.15, -0.1) is 0 Å². The van der Waals surface area contributed by atoms with E-state index in [0.717, 1.165) is 25.7 Å². The van der Waals surface area contributed by atoms with Crippen molar-refractivity contribution >= 4 is 17.5 Å². The predicted octanol–water partition coefficient (Wildman–Crippen LogP) is 5.24. The summed E-state index contributed by atoms with van der Waals surface area (Å²) >= 11 is 0. The van der Waals surface area contributed by atoms with Gasteiger partial charge in [-0.05, 0) is 61.7 Å². The van der Waals surface area contributed by atoms with Gasteiger partial charge in [-0.2, -0.15) is 0 Å². The van der Waals surface area contributed by atoms with E-state index >= 15 is 0 Å². The lowest BCUT2D eigenvalue weighted by Gasteiger charge is -2.33. The Bertz CT molecular complexity index is 1190. The lowest BCUT2D eigenvalue weighted by molar-refractivity contribution is -0.123. The Morgan fingerprint density at radius 2 is 1.81 bits per heavy atom. The van der Waals surface area contributed by atoms with Gasteiger partial charge < -0.3 is 23.9 Å². The zero-order chi connectivity index (χ0) is 24.9. The molecule has 0 saturated heterocycles. The van der Waals surface area contributed by atoms with Crippen LogP contribution in [0.25, 0.3) is 0 Å². The van der Waals surface area contributed by atoms with E-state index in [0.29, 0.717) is 35.1 Å². The molecule has 0 unspecified atom stereocenters. The molecule has 2 amide bonds. The predicted molar refractivity (Wildman–Crippen MR) is 133 cm³/mol. The summed E-state index contributed by atoms with van der Waals surface area (Å²) in [5, 5.41) is 3.21. The van der Waals surface area contributed by atoms with Gasteiger partial charge in [0.25, 0.3) is 5.91 Å². The minimum atomic E-state index is -0.944. The summed E-state index contributed by atoms with van der Waals surface area (Å²) in [5.41, 5.74) is 1.16. The molecule has 8 heteroatoms. The molecule has 1 aromatic heterocycles. The summed E-state index contributed by atoms with van der Waals surface area (Å²) < 4.78 is 22.1. The van der Waals surface area contributed by atoms with Gasteiger partial charge in [0.1, 0.15) is 11.8 Å². The Morgan fingerprint density at radius 1 is 1.03 bits per heavy atom. The molecule has 3 aromatic rings. The third-order valence-corrected chi connectivity index (χ3v) is 6.55. The molecule has 5 rings (SSSR count). The van der Waals surface area contributed by atoms with Gasteiger partial charge in [-0.25, -0.2) is 0 Å². The fraction of sp³-hybridized carbons (Fsp3) is 0.357. The van der Waals surface area contributed by atoms with Gasteiger partial charge in [-0.1, -0.05) is 31.4 Å². The zero-order valence-corrected chi connectivity index (χ0v) is 20.3. The fourth-order valence-electron chi connectivity index (χ4n) is 4.80. The van der Waals surface area contributed by atoms with Gasteiger partial charge in [0.15, 0.2) is 17.3 Å². The highest BCUT2D eigenvalue weighted by Crippen LogP contribution is 2.39. The third kappa shape index (κ3) is 5.03. The molecule has 1 atom stereocenters. The van der Waals surface area contributed by atoms with Crippen molar-refractivity contribution in [2.45, 2.75) is 51.1 Å². The number of amides is 2. The SMILES string of the molecule is CCOc1ccc([C@H](C(=O)NC2CCCCC2)N(C(=O)c2ccco2)c2ccc3c(c2)OCO3)cc1. The van der Waals surface area contributed by atoms with Gasteiger partial charge in [0.05, 0.1) is 12.9 Å². The Hall–Kier alpha value is -3.94. The van der Waals surface area contributed by atoms with E-state index in [1.165, 1.54) is 17.6 Å². The monoisotopic (exact) mass is 490 g/mol. The number of rotatable bonds is 8. The van der Waals surface area contributed by atoms with Crippen LogP contribution in [0.5, 0.6) is 17.2 Å². The van der Waals surface area contributed by atoms with Gasteiger partial charge in [-0.3, -0.25) is 14.5 Å². The van der Waals surface area contributed by atoms with E-state index < -0.39 is 11.9 Å². The lowest BCUT2D eigenvalue weighted by atomic mass is 9.94. The molecule has 0 spiro atoms. The number of hydrogen-bond donors (Lipinski definition) is 1. The average molecular weight is 491 g/mol. The second-order valence-electron chi connectivity index (χ2n) is 8.94. The normalized spacial score (nSPS) is 15.8. The van der Waals surface area contributed by atoms with Crippen LogP contribution in [0.1, 0.15) is 61.2 Å². The first-order valence-electron chi connectivity index (χ1n) is 12.4. The summed E-state index contributed by atoms with van der Waals surface area (Å²) in [5.74, 6) is 1.25. The van der Waals surface area contributed by atoms with Crippen molar-refractivity contribution in [3.05, 3.63) is 72.2 Å². The minimum absolute atomic E-state index is 0.0776. The minimum Gasteiger partial charge on any atom is -0.494 e. The van der Waals surface area contributed by atoms with Gasteiger partial charge in [0, 0.05) is 17.8 Å². The number of carbonyl (C=O) groups is 2. The Labute approximate surface area is 210 Å². The highest BCUT2D eigenvalue weighted by atomic mass is 16.7. The molecule has 2 heterocycles. The van der Waals surface area contributed by atoms with E-state index in [1.807, 2.05) is 31.2 Å². The molecule has 188 valence electrons. The molecule has 8 nitrogen and oxygen atoms in total. The summed E-state index contributed by atoms with van der Waals surface area (Å²) in [7, 11) is 0. The van der Waals surface area contributed by atoms with E-state index in [4.69, 9.17) is 18.6 Å². The highest BCUT2D eigenvalue weighted by molar-refractivity contribution is 6.08. The summed E-state index contributed by atoms with van der Waals surface area (Å²) in [4.78, 5) is 29.2. The highest BCUT2D eigenvalue weighted by Gasteiger charge is 2.36. The molecular weight excluding hydrogens is 460 g/mol. The van der Waals surface area contributed by atoms with Crippen molar-refractivity contribution in [3.8, 4) is 17.2 Å². The molecule has 1 fully saturated rings. The van der Waals surface area contributed by atoms with Crippen LogP contribution < -0.4 is 24.4 Å². The number of fused-ring (bicyclic) bond motifs is 1. The average Bonchev–Trinajstić information content (AvgIpc) is 3.60. The molecule has 1 N–H and O–H groups in total. The topological polar surface area (TPSA) is 90.2 Å². The Balaban J connectivity index is 1.57. The van der Waals surface area contributed by atoms with Crippen LogP contribution in [-0.2, 0) is 4.79 Å². The number of anilines is 1. The second-order valence-corrected chi connectivity index (χ2v) is 8.94. The number of carbonyl (C=O) groups excluding carboxylic acids is 2. The molecule has 1 saturated carbocycles. The first-order valence-corrected chi connectivity index (χ1v) is 12.4. The maximum absolute atomic E-state index is 13.9. The van der Waals surface area contributed by atoms with Crippen molar-refractivity contribution in [1.82, 2.24) is 5.32 Å². The molecular formula is C28H30N2O6. The lowest BCUT2D eigenvalue weighted by Crippen LogP contribution is -2.47. The van der Waals surface area contributed by atoms with Crippen molar-refractivity contribution in [1.29, 1.82) is 0 Å². The van der Waals surface area contributed by atoms with Crippen LogP contribution in [0.2, 0.25) is 0 Å². The zero-order valence-electron chi connectivity index (χ0n) is 20.3. The Morgan fingerprint density at radius 3 is 2.53 bits per heavy atom. The standard InChI is InChI=1S/C28H30N2O6/c1-2-33-22-13-10-19(11-14-22)26(27(31)29-20-7-4-3-5-8-20)30(28(32)24-9-6-16-34-24)21-12-15-23-25(17-21)36-18-35-23/h6,9-17,20,26H,2-5,7-8,18H2,1H3,(H,29,31)/t26-/m1/s1. The van der Waals surface area contributed by atoms with Crippen LogP contribution in [0.15, 0.2) is 65.3 Å². The molecule has 36 heavy (non-hydrogen) atoms. The van der Waals surface area contributed by atoms with E-state index in [2.05, 4.69) is 5.32 Å². The smallest absolute Gasteiger partial charge is 0.294 e. The molecule has 1 aliphatic heterocycles. The number of ether oxygens (including phenoxy) is 3. The number of benzene rings is 2. The van der Waals surface area contributed by atoms with Crippen LogP contribution in [0.3, 0.4) is 0 Å². The first-order chi connectivity index (χ1) is 17.6. The molecule has 2 aliphatic rings. The number of furan rings is 1. The quantitative estimate of drug-likeness (QED) is 0.464. The largest absolute Gasteiger partial charge is 0.494 e. The van der Waals surface area contributed by atoms with Gasteiger partial charge >= 0.3 is 0 Å². The summed E-state index contributed by atoms with van der Waals surface area (Å²) in [6.45, 7) is 2.55. The molecule has 2 aromatic carbocycles. The maximum Gasteiger partial charge on any atom is 0.294 e. The van der Waals surface area contributed by atoms with Crippen molar-refractivity contribution < 1.29 is 28.2 Å². The first kappa shape index (κ1) is 23.8. The van der Waals surface area contributed by atoms with Crippen LogP contribution in [0, 0.1) is 0 Å². The Kier molecular flexibility index (Phi) is 7.11.